The van der Waals surface area contributed by atoms with Gasteiger partial charge < -0.3 is 29.2 Å². The molecule has 0 aromatic rings. The summed E-state index contributed by atoms with van der Waals surface area (Å²) in [5, 5.41) is 18.8. The van der Waals surface area contributed by atoms with E-state index in [0.717, 1.165) is 38.5 Å². The van der Waals surface area contributed by atoms with Crippen molar-refractivity contribution in [1.82, 2.24) is 0 Å². The number of carboxylic acid groups (broad SMARTS) is 2. The molecule has 0 spiro atoms. The maximum absolute atomic E-state index is 12.0. The summed E-state index contributed by atoms with van der Waals surface area (Å²) >= 11 is 0. The van der Waals surface area contributed by atoms with Crippen molar-refractivity contribution in [3.63, 3.8) is 0 Å². The van der Waals surface area contributed by atoms with Crippen LogP contribution in [0.3, 0.4) is 0 Å². The number of esters is 2. The normalized spacial score (nSPS) is 11.6. The summed E-state index contributed by atoms with van der Waals surface area (Å²) in [6.45, 7) is 6.75. The van der Waals surface area contributed by atoms with E-state index >= 15 is 0 Å². The van der Waals surface area contributed by atoms with Gasteiger partial charge in [0.15, 0.2) is 0 Å². The average molecular weight is 489 g/mol. The van der Waals surface area contributed by atoms with E-state index in [1.54, 1.807) is 0 Å². The van der Waals surface area contributed by atoms with Crippen LogP contribution < -0.4 is 0 Å². The van der Waals surface area contributed by atoms with Crippen LogP contribution in [-0.2, 0) is 38.1 Å². The van der Waals surface area contributed by atoms with E-state index in [9.17, 15) is 29.4 Å². The highest BCUT2D eigenvalue weighted by atomic mass is 16.5. The summed E-state index contributed by atoms with van der Waals surface area (Å²) in [6.07, 6.45) is 5.00. The largest absolute Gasteiger partial charge is 0.478 e. The maximum Gasteiger partial charge on any atom is 0.332 e. The van der Waals surface area contributed by atoms with E-state index in [-0.39, 0.29) is 13.2 Å². The Hall–Kier alpha value is -2.46. The molecule has 0 radical (unpaired) electrons. The van der Waals surface area contributed by atoms with Crippen molar-refractivity contribution in [2.24, 2.45) is 0 Å². The monoisotopic (exact) mass is 488 g/mol. The highest BCUT2D eigenvalue weighted by Crippen LogP contribution is 2.16. The zero-order valence-electron chi connectivity index (χ0n) is 20.5. The lowest BCUT2D eigenvalue weighted by atomic mass is 10.0. The summed E-state index contributed by atoms with van der Waals surface area (Å²) in [6, 6.07) is 0. The standard InChI is InChI=1S/C24H40O10/c1-3-31-13-9-5-7-11-15-33-21(25)17-19(23(27)28)20(24(29)30)18-22(26)34-16-12-8-6-10-14-32-4-2/h3-18H2,1-2H3,(H,27,28)(H,29,30)/b20-19+. The van der Waals surface area contributed by atoms with Gasteiger partial charge in [0, 0.05) is 26.4 Å². The predicted octanol–water partition coefficient (Wildman–Crippen LogP) is 3.51. The molecule has 0 aromatic carbocycles. The van der Waals surface area contributed by atoms with Gasteiger partial charge in [-0.15, -0.1) is 0 Å². The lowest BCUT2D eigenvalue weighted by molar-refractivity contribution is -0.146. The third kappa shape index (κ3) is 17.1. The number of hydrogen-bond acceptors (Lipinski definition) is 8. The lowest BCUT2D eigenvalue weighted by Crippen LogP contribution is -2.19. The molecule has 0 heterocycles. The van der Waals surface area contributed by atoms with Gasteiger partial charge in [-0.05, 0) is 52.4 Å². The number of ether oxygens (including phenoxy) is 4. The number of carbonyl (C=O) groups is 4. The second-order valence-corrected chi connectivity index (χ2v) is 7.58. The highest BCUT2D eigenvalue weighted by Gasteiger charge is 2.26. The first-order valence-corrected chi connectivity index (χ1v) is 12.0. The molecule has 0 aliphatic rings. The van der Waals surface area contributed by atoms with Crippen molar-refractivity contribution >= 4 is 23.9 Å². The van der Waals surface area contributed by atoms with E-state index in [1.165, 1.54) is 0 Å². The molecular formula is C24H40O10. The van der Waals surface area contributed by atoms with Crippen molar-refractivity contribution in [2.75, 3.05) is 39.6 Å². The molecule has 0 saturated heterocycles. The lowest BCUT2D eigenvalue weighted by Gasteiger charge is -2.10. The third-order valence-corrected chi connectivity index (χ3v) is 4.82. The molecule has 0 unspecified atom stereocenters. The Morgan fingerprint density at radius 3 is 1.15 bits per heavy atom. The van der Waals surface area contributed by atoms with E-state index in [0.29, 0.717) is 39.3 Å². The molecule has 0 aromatic heterocycles. The third-order valence-electron chi connectivity index (χ3n) is 4.82. The fraction of sp³-hybridized carbons (Fsp3) is 0.750. The minimum absolute atomic E-state index is 0.107. The molecule has 0 rings (SSSR count). The van der Waals surface area contributed by atoms with E-state index in [2.05, 4.69) is 0 Å². The summed E-state index contributed by atoms with van der Waals surface area (Å²) < 4.78 is 20.5. The van der Waals surface area contributed by atoms with Crippen LogP contribution in [0.1, 0.15) is 78.1 Å². The first-order chi connectivity index (χ1) is 16.3. The van der Waals surface area contributed by atoms with Crippen molar-refractivity contribution < 1.29 is 48.3 Å². The average Bonchev–Trinajstić information content (AvgIpc) is 2.79. The Balaban J connectivity index is 4.52. The van der Waals surface area contributed by atoms with Crippen LogP contribution in [0.4, 0.5) is 0 Å². The molecule has 0 amide bonds. The molecule has 0 saturated carbocycles. The SMILES string of the molecule is CCOCCCCCCOC(=O)C/C(C(=O)O)=C(/CC(=O)OCCCCCCOCC)C(=O)O. The van der Waals surface area contributed by atoms with Crippen LogP contribution >= 0.6 is 0 Å². The number of hydrogen-bond donors (Lipinski definition) is 2. The fourth-order valence-electron chi connectivity index (χ4n) is 2.99. The quantitative estimate of drug-likeness (QED) is 0.132. The van der Waals surface area contributed by atoms with Crippen molar-refractivity contribution in [1.29, 1.82) is 0 Å². The van der Waals surface area contributed by atoms with Gasteiger partial charge in [-0.2, -0.15) is 0 Å². The second-order valence-electron chi connectivity index (χ2n) is 7.58. The molecule has 0 fully saturated rings. The van der Waals surface area contributed by atoms with Crippen molar-refractivity contribution in [3.8, 4) is 0 Å². The molecule has 10 heteroatoms. The maximum atomic E-state index is 12.0. The molecule has 0 atom stereocenters. The fourth-order valence-corrected chi connectivity index (χ4v) is 2.99. The molecule has 34 heavy (non-hydrogen) atoms. The van der Waals surface area contributed by atoms with Gasteiger partial charge in [0.2, 0.25) is 0 Å². The topological polar surface area (TPSA) is 146 Å². The molecule has 0 bridgehead atoms. The molecule has 2 N–H and O–H groups in total. The number of rotatable bonds is 22. The van der Waals surface area contributed by atoms with Crippen LogP contribution in [0.5, 0.6) is 0 Å². The van der Waals surface area contributed by atoms with E-state index in [1.807, 2.05) is 13.8 Å². The Morgan fingerprint density at radius 1 is 0.529 bits per heavy atom. The van der Waals surface area contributed by atoms with E-state index in [4.69, 9.17) is 18.9 Å². The summed E-state index contributed by atoms with van der Waals surface area (Å²) in [5.41, 5.74) is -1.36. The second kappa shape index (κ2) is 21.1. The minimum atomic E-state index is -1.59. The minimum Gasteiger partial charge on any atom is -0.478 e. The zero-order chi connectivity index (χ0) is 25.6. The van der Waals surface area contributed by atoms with Gasteiger partial charge in [-0.25, -0.2) is 9.59 Å². The molecule has 10 nitrogen and oxygen atoms in total. The summed E-state index contributed by atoms with van der Waals surface area (Å²) in [7, 11) is 0. The first-order valence-electron chi connectivity index (χ1n) is 12.0. The first kappa shape index (κ1) is 31.5. The smallest absolute Gasteiger partial charge is 0.332 e. The summed E-state index contributed by atoms with van der Waals surface area (Å²) in [5.74, 6) is -4.89. The van der Waals surface area contributed by atoms with Gasteiger partial charge in [0.1, 0.15) is 0 Å². The summed E-state index contributed by atoms with van der Waals surface area (Å²) in [4.78, 5) is 47.2. The Morgan fingerprint density at radius 2 is 0.853 bits per heavy atom. The number of carboxylic acids is 2. The van der Waals surface area contributed by atoms with Gasteiger partial charge in [0.25, 0.3) is 0 Å². The van der Waals surface area contributed by atoms with Crippen LogP contribution in [-0.4, -0.2) is 73.7 Å². The van der Waals surface area contributed by atoms with Gasteiger partial charge >= 0.3 is 23.9 Å². The van der Waals surface area contributed by atoms with Crippen LogP contribution in [0.15, 0.2) is 11.1 Å². The van der Waals surface area contributed by atoms with Gasteiger partial charge in [-0.1, -0.05) is 12.8 Å². The Kier molecular flexibility index (Phi) is 19.6. The van der Waals surface area contributed by atoms with Crippen molar-refractivity contribution in [3.05, 3.63) is 11.1 Å². The Labute approximate surface area is 201 Å². The van der Waals surface area contributed by atoms with Gasteiger partial charge in [-0.3, -0.25) is 9.59 Å². The number of aliphatic carboxylic acids is 2. The molecule has 196 valence electrons. The predicted molar refractivity (Wildman–Crippen MR) is 123 cm³/mol. The molecule has 0 aliphatic carbocycles. The van der Waals surface area contributed by atoms with Crippen LogP contribution in [0.2, 0.25) is 0 Å². The molecular weight excluding hydrogens is 448 g/mol. The Bertz CT molecular complexity index is 588. The van der Waals surface area contributed by atoms with Crippen LogP contribution in [0, 0.1) is 0 Å². The number of carbonyl (C=O) groups excluding carboxylic acids is 2. The van der Waals surface area contributed by atoms with Crippen molar-refractivity contribution in [2.45, 2.75) is 78.1 Å². The van der Waals surface area contributed by atoms with E-state index < -0.39 is 47.9 Å². The van der Waals surface area contributed by atoms with Crippen LogP contribution in [0.25, 0.3) is 0 Å². The molecule has 0 aliphatic heterocycles. The number of unbranched alkanes of at least 4 members (excludes halogenated alkanes) is 6. The highest BCUT2D eigenvalue weighted by molar-refractivity contribution is 6.04. The van der Waals surface area contributed by atoms with Gasteiger partial charge in [0.05, 0.1) is 37.2 Å². The zero-order valence-corrected chi connectivity index (χ0v) is 20.5.